The molecule has 15 heteroatoms. The van der Waals surface area contributed by atoms with Gasteiger partial charge in [0.05, 0.1) is 30.7 Å². The lowest BCUT2D eigenvalue weighted by atomic mass is 9.81. The van der Waals surface area contributed by atoms with Gasteiger partial charge in [-0.15, -0.1) is 0 Å². The third-order valence-electron chi connectivity index (χ3n) is 5.67. The number of halogens is 6. The smallest absolute Gasteiger partial charge is 0.373 e. The summed E-state index contributed by atoms with van der Waals surface area (Å²) in [5, 5.41) is 0. The molecular weight excluding hydrogens is 586 g/mol. The van der Waals surface area contributed by atoms with Crippen LogP contribution in [-0.4, -0.2) is 62.9 Å². The predicted octanol–water partition coefficient (Wildman–Crippen LogP) is 5.61. The van der Waals surface area contributed by atoms with Crippen molar-refractivity contribution in [3.63, 3.8) is 0 Å². The molecule has 0 spiro atoms. The van der Waals surface area contributed by atoms with Gasteiger partial charge in [-0.05, 0) is 25.7 Å². The summed E-state index contributed by atoms with van der Waals surface area (Å²) in [6, 6.07) is 0. The number of alkyl halides is 6. The summed E-state index contributed by atoms with van der Waals surface area (Å²) in [4.78, 5) is 26.6. The number of hydrogen-bond donors (Lipinski definition) is 0. The molecule has 8 nitrogen and oxygen atoms in total. The Morgan fingerprint density at radius 1 is 0.818 bits per heavy atom. The molecule has 0 saturated carbocycles. The Morgan fingerprint density at radius 3 is 1.79 bits per heavy atom. The molecule has 2 bridgehead atoms. The van der Waals surface area contributed by atoms with E-state index >= 15 is 0 Å². The van der Waals surface area contributed by atoms with Crippen molar-refractivity contribution in [2.75, 3.05) is 26.4 Å². The SMILES string of the molecule is O=C1[C@@H]2[C@H](C(=O)N1CCCCCCOP(=O)(OCC(Cl)(Cl)Cl)OCC(Cl)(Cl)Cl)[C@H]1CC[C@@H]2O1. The number of phosphoric ester groups is 1. The predicted molar refractivity (Wildman–Crippen MR) is 126 cm³/mol. The van der Waals surface area contributed by atoms with Crippen LogP contribution in [0.5, 0.6) is 0 Å². The Hall–Kier alpha value is 0.950. The normalized spacial score (nSPS) is 27.6. The number of unbranched alkanes of at least 4 members (excludes halogenated alkanes) is 3. The maximum absolute atomic E-state index is 12.7. The summed E-state index contributed by atoms with van der Waals surface area (Å²) in [7, 11) is -4.13. The highest BCUT2D eigenvalue weighted by Gasteiger charge is 2.62. The lowest BCUT2D eigenvalue weighted by Gasteiger charge is -2.22. The Balaban J connectivity index is 1.36. The lowest BCUT2D eigenvalue weighted by molar-refractivity contribution is -0.142. The van der Waals surface area contributed by atoms with Gasteiger partial charge in [-0.3, -0.25) is 28.1 Å². The number of imide groups is 1. The summed E-state index contributed by atoms with van der Waals surface area (Å²) in [5.74, 6) is -0.837. The van der Waals surface area contributed by atoms with Crippen LogP contribution >= 0.6 is 77.4 Å². The molecule has 0 aromatic carbocycles. The van der Waals surface area contributed by atoms with Crippen molar-refractivity contribution < 1.29 is 32.5 Å². The van der Waals surface area contributed by atoms with E-state index in [1.807, 2.05) is 0 Å². The van der Waals surface area contributed by atoms with Crippen molar-refractivity contribution >= 4 is 89.2 Å². The Kier molecular flexibility index (Phi) is 9.99. The van der Waals surface area contributed by atoms with E-state index in [-0.39, 0.29) is 42.5 Å². The third-order valence-corrected chi connectivity index (χ3v) is 7.72. The standard InChI is InChI=1S/C18H24Cl6NO7P/c19-17(20,21)9-30-33(28,31-10-18(22,23)24)29-8-4-2-1-3-7-25-15(26)13-11-5-6-12(32-11)14(13)16(25)27/h11-14H,1-10H2/t11-,12+,13-,14+. The van der Waals surface area contributed by atoms with Crippen LogP contribution in [0.15, 0.2) is 0 Å². The number of carbonyl (C=O) groups excluding carboxylic acids is 2. The molecule has 3 aliphatic heterocycles. The maximum Gasteiger partial charge on any atom is 0.475 e. The quantitative estimate of drug-likeness (QED) is 0.123. The molecular formula is C18H24Cl6NO7P. The highest BCUT2D eigenvalue weighted by molar-refractivity contribution is 7.48. The van der Waals surface area contributed by atoms with Gasteiger partial charge in [0.1, 0.15) is 13.2 Å². The van der Waals surface area contributed by atoms with Crippen LogP contribution in [0.4, 0.5) is 0 Å². The minimum absolute atomic E-state index is 0.0173. The maximum atomic E-state index is 12.7. The van der Waals surface area contributed by atoms with Crippen LogP contribution < -0.4 is 0 Å². The van der Waals surface area contributed by atoms with Crippen LogP contribution in [0.3, 0.4) is 0 Å². The minimum atomic E-state index is -4.13. The van der Waals surface area contributed by atoms with Crippen LogP contribution in [0.1, 0.15) is 38.5 Å². The first-order valence-corrected chi connectivity index (χ1v) is 14.2. The van der Waals surface area contributed by atoms with E-state index in [1.165, 1.54) is 4.90 Å². The zero-order valence-corrected chi connectivity index (χ0v) is 22.8. The first kappa shape index (κ1) is 28.5. The zero-order valence-electron chi connectivity index (χ0n) is 17.4. The molecule has 33 heavy (non-hydrogen) atoms. The van der Waals surface area contributed by atoms with Crippen molar-refractivity contribution in [3.05, 3.63) is 0 Å². The Bertz CT molecular complexity index is 726. The number of carbonyl (C=O) groups is 2. The van der Waals surface area contributed by atoms with E-state index < -0.39 is 28.6 Å². The zero-order chi connectivity index (χ0) is 24.4. The van der Waals surface area contributed by atoms with E-state index in [2.05, 4.69) is 0 Å². The average molecular weight is 610 g/mol. The molecule has 0 unspecified atom stereocenters. The van der Waals surface area contributed by atoms with E-state index in [0.29, 0.717) is 25.8 Å². The number of likely N-dealkylation sites (tertiary alicyclic amines) is 1. The molecule has 3 aliphatic rings. The number of rotatable bonds is 12. The van der Waals surface area contributed by atoms with Gasteiger partial charge in [0, 0.05) is 6.54 Å². The molecule has 0 aliphatic carbocycles. The summed E-state index contributed by atoms with van der Waals surface area (Å²) < 4.78 is 30.0. The number of ether oxygens (including phenoxy) is 1. The largest absolute Gasteiger partial charge is 0.475 e. The van der Waals surface area contributed by atoms with Crippen LogP contribution in [0.25, 0.3) is 0 Å². The van der Waals surface area contributed by atoms with Gasteiger partial charge < -0.3 is 4.74 Å². The van der Waals surface area contributed by atoms with Gasteiger partial charge in [0.25, 0.3) is 0 Å². The second kappa shape index (κ2) is 11.6. The molecule has 0 aromatic heterocycles. The molecule has 3 rings (SSSR count). The first-order chi connectivity index (χ1) is 15.3. The van der Waals surface area contributed by atoms with Crippen molar-refractivity contribution in [3.8, 4) is 0 Å². The number of nitrogens with zero attached hydrogens (tertiary/aromatic N) is 1. The Labute approximate surface area is 222 Å². The number of amides is 2. The van der Waals surface area contributed by atoms with E-state index in [9.17, 15) is 14.2 Å². The molecule has 3 fully saturated rings. The van der Waals surface area contributed by atoms with E-state index in [1.54, 1.807) is 0 Å². The average Bonchev–Trinajstić information content (AvgIpc) is 3.39. The molecule has 0 N–H and O–H groups in total. The second-order valence-corrected chi connectivity index (χ2v) is 14.8. The summed E-state index contributed by atoms with van der Waals surface area (Å²) >= 11 is 33.7. The summed E-state index contributed by atoms with van der Waals surface area (Å²) in [5.41, 5.74) is 0. The third kappa shape index (κ3) is 7.96. The van der Waals surface area contributed by atoms with Gasteiger partial charge in [-0.25, -0.2) is 4.57 Å². The van der Waals surface area contributed by atoms with Gasteiger partial charge in [-0.1, -0.05) is 82.4 Å². The van der Waals surface area contributed by atoms with Gasteiger partial charge in [0.2, 0.25) is 19.4 Å². The van der Waals surface area contributed by atoms with Crippen molar-refractivity contribution in [2.24, 2.45) is 11.8 Å². The minimum Gasteiger partial charge on any atom is -0.373 e. The summed E-state index contributed by atoms with van der Waals surface area (Å²) in [6.45, 7) is -0.714. The molecule has 2 amide bonds. The summed E-state index contributed by atoms with van der Waals surface area (Å²) in [6.07, 6.45) is 4.05. The molecule has 3 saturated heterocycles. The first-order valence-electron chi connectivity index (χ1n) is 10.5. The monoisotopic (exact) mass is 607 g/mol. The molecule has 4 atom stereocenters. The molecule has 3 heterocycles. The molecule has 0 aromatic rings. The number of fused-ring (bicyclic) bond motifs is 5. The lowest BCUT2D eigenvalue weighted by Crippen LogP contribution is -2.35. The van der Waals surface area contributed by atoms with Gasteiger partial charge in [0.15, 0.2) is 0 Å². The highest BCUT2D eigenvalue weighted by atomic mass is 35.6. The van der Waals surface area contributed by atoms with E-state index in [4.69, 9.17) is 87.9 Å². The van der Waals surface area contributed by atoms with Crippen molar-refractivity contribution in [1.29, 1.82) is 0 Å². The van der Waals surface area contributed by atoms with Crippen molar-refractivity contribution in [1.82, 2.24) is 4.90 Å². The highest BCUT2D eigenvalue weighted by Crippen LogP contribution is 2.52. The topological polar surface area (TPSA) is 91.4 Å². The number of phosphoric acid groups is 1. The van der Waals surface area contributed by atoms with E-state index in [0.717, 1.165) is 19.3 Å². The van der Waals surface area contributed by atoms with Crippen molar-refractivity contribution in [2.45, 2.75) is 58.3 Å². The fraction of sp³-hybridized carbons (Fsp3) is 0.889. The Morgan fingerprint density at radius 2 is 1.30 bits per heavy atom. The molecule has 190 valence electrons. The van der Waals surface area contributed by atoms with Crippen LogP contribution in [0, 0.1) is 11.8 Å². The van der Waals surface area contributed by atoms with Gasteiger partial charge >= 0.3 is 7.82 Å². The van der Waals surface area contributed by atoms with Gasteiger partial charge in [-0.2, -0.15) is 0 Å². The van der Waals surface area contributed by atoms with Crippen LogP contribution in [0.2, 0.25) is 0 Å². The second-order valence-electron chi connectivity index (χ2n) is 8.14. The number of hydrogen-bond acceptors (Lipinski definition) is 7. The fourth-order valence-corrected chi connectivity index (χ4v) is 6.38. The molecule has 0 radical (unpaired) electrons. The fourth-order valence-electron chi connectivity index (χ4n) is 4.31. The van der Waals surface area contributed by atoms with Crippen LogP contribution in [-0.2, 0) is 32.5 Å².